The summed E-state index contributed by atoms with van der Waals surface area (Å²) in [5.41, 5.74) is 1.79. The van der Waals surface area contributed by atoms with Crippen LogP contribution < -0.4 is 9.47 Å². The molecule has 2 aromatic rings. The highest BCUT2D eigenvalue weighted by Gasteiger charge is 2.30. The molecule has 5 heteroatoms. The van der Waals surface area contributed by atoms with Gasteiger partial charge in [0, 0.05) is 30.4 Å². The zero-order chi connectivity index (χ0) is 17.6. The molecule has 0 spiro atoms. The molecule has 1 amide bonds. The molecular weight excluding hydrogens is 316 g/mol. The number of hydrogen-bond donors (Lipinski definition) is 0. The Morgan fingerprint density at radius 1 is 1.24 bits per heavy atom. The van der Waals surface area contributed by atoms with E-state index in [9.17, 15) is 4.79 Å². The molecule has 130 valence electrons. The summed E-state index contributed by atoms with van der Waals surface area (Å²) in [7, 11) is 3.27. The van der Waals surface area contributed by atoms with Gasteiger partial charge < -0.3 is 14.4 Å². The van der Waals surface area contributed by atoms with Crippen LogP contribution >= 0.6 is 0 Å². The fourth-order valence-corrected chi connectivity index (χ4v) is 3.17. The molecule has 25 heavy (non-hydrogen) atoms. The van der Waals surface area contributed by atoms with Gasteiger partial charge in [0.2, 0.25) is 5.91 Å². The Labute approximate surface area is 147 Å². The smallest absolute Gasteiger partial charge is 0.247 e. The molecule has 0 radical (unpaired) electrons. The first kappa shape index (κ1) is 17.0. The first-order chi connectivity index (χ1) is 12.2. The number of aromatic nitrogens is 1. The van der Waals surface area contributed by atoms with Crippen molar-refractivity contribution in [3.05, 3.63) is 59.9 Å². The molecule has 1 atom stereocenters. The van der Waals surface area contributed by atoms with Gasteiger partial charge in [0.25, 0.3) is 0 Å². The van der Waals surface area contributed by atoms with E-state index < -0.39 is 0 Å². The molecule has 0 N–H and O–H groups in total. The van der Waals surface area contributed by atoms with Crippen LogP contribution in [0.3, 0.4) is 0 Å². The highest BCUT2D eigenvalue weighted by atomic mass is 16.5. The van der Waals surface area contributed by atoms with E-state index in [4.69, 9.17) is 9.47 Å². The summed E-state index contributed by atoms with van der Waals surface area (Å²) in [5.74, 6) is 1.48. The van der Waals surface area contributed by atoms with Gasteiger partial charge in [-0.25, -0.2) is 0 Å². The number of carbonyl (C=O) groups is 1. The van der Waals surface area contributed by atoms with Crippen molar-refractivity contribution in [3.63, 3.8) is 0 Å². The minimum absolute atomic E-state index is 0.00831. The largest absolute Gasteiger partial charge is 0.497 e. The predicted octanol–water partition coefficient (Wildman–Crippen LogP) is 3.48. The fourth-order valence-electron chi connectivity index (χ4n) is 3.17. The van der Waals surface area contributed by atoms with Crippen molar-refractivity contribution in [2.24, 2.45) is 0 Å². The van der Waals surface area contributed by atoms with E-state index in [1.165, 1.54) is 0 Å². The van der Waals surface area contributed by atoms with Gasteiger partial charge in [-0.1, -0.05) is 6.07 Å². The normalized spacial score (nSPS) is 17.0. The number of methoxy groups -OCH3 is 2. The third-order valence-electron chi connectivity index (χ3n) is 4.42. The Morgan fingerprint density at radius 2 is 2.12 bits per heavy atom. The standard InChI is InChI=1S/C20H22N2O3/c1-24-16-9-10-17(19(14-16)25-2)18-7-5-13-22(18)20(23)11-8-15-6-3-4-12-21-15/h3-4,6,8-12,14,18H,5,7,13H2,1-2H3/b11-8+. The zero-order valence-electron chi connectivity index (χ0n) is 14.5. The van der Waals surface area contributed by atoms with E-state index in [1.54, 1.807) is 32.6 Å². The topological polar surface area (TPSA) is 51.7 Å². The lowest BCUT2D eigenvalue weighted by Gasteiger charge is -2.25. The maximum absolute atomic E-state index is 12.7. The van der Waals surface area contributed by atoms with Gasteiger partial charge in [-0.3, -0.25) is 9.78 Å². The summed E-state index contributed by atoms with van der Waals surface area (Å²) in [6.45, 7) is 0.741. The molecule has 1 aliphatic heterocycles. The van der Waals surface area contributed by atoms with Gasteiger partial charge in [0.1, 0.15) is 11.5 Å². The van der Waals surface area contributed by atoms with Gasteiger partial charge in [0.05, 0.1) is 26.0 Å². The van der Waals surface area contributed by atoms with E-state index in [-0.39, 0.29) is 11.9 Å². The molecule has 1 aromatic heterocycles. The molecule has 3 rings (SSSR count). The Hall–Kier alpha value is -2.82. The van der Waals surface area contributed by atoms with Gasteiger partial charge >= 0.3 is 0 Å². The monoisotopic (exact) mass is 338 g/mol. The summed E-state index contributed by atoms with van der Waals surface area (Å²) in [4.78, 5) is 18.8. The number of hydrogen-bond acceptors (Lipinski definition) is 4. The SMILES string of the molecule is COc1ccc(C2CCCN2C(=O)/C=C/c2ccccn2)c(OC)c1. The van der Waals surface area contributed by atoms with Crippen LogP contribution in [0.2, 0.25) is 0 Å². The highest BCUT2D eigenvalue weighted by Crippen LogP contribution is 2.38. The zero-order valence-corrected chi connectivity index (χ0v) is 14.5. The maximum Gasteiger partial charge on any atom is 0.247 e. The molecule has 0 saturated carbocycles. The highest BCUT2D eigenvalue weighted by molar-refractivity contribution is 5.92. The first-order valence-corrected chi connectivity index (χ1v) is 8.34. The van der Waals surface area contributed by atoms with E-state index in [0.29, 0.717) is 0 Å². The second-order valence-corrected chi connectivity index (χ2v) is 5.89. The average Bonchev–Trinajstić information content (AvgIpc) is 3.16. The number of likely N-dealkylation sites (tertiary alicyclic amines) is 1. The molecule has 1 aliphatic rings. The third kappa shape index (κ3) is 3.82. The maximum atomic E-state index is 12.7. The Balaban J connectivity index is 1.81. The number of nitrogens with zero attached hydrogens (tertiary/aromatic N) is 2. The molecule has 5 nitrogen and oxygen atoms in total. The van der Waals surface area contributed by atoms with Crippen LogP contribution in [0.25, 0.3) is 6.08 Å². The van der Waals surface area contributed by atoms with E-state index in [1.807, 2.05) is 41.3 Å². The van der Waals surface area contributed by atoms with Crippen LogP contribution in [0.1, 0.15) is 30.1 Å². The molecule has 1 fully saturated rings. The average molecular weight is 338 g/mol. The molecule has 2 heterocycles. The summed E-state index contributed by atoms with van der Waals surface area (Å²) in [5, 5.41) is 0. The van der Waals surface area contributed by atoms with Crippen LogP contribution in [-0.2, 0) is 4.79 Å². The van der Waals surface area contributed by atoms with E-state index >= 15 is 0 Å². The van der Waals surface area contributed by atoms with Crippen LogP contribution in [0.5, 0.6) is 11.5 Å². The van der Waals surface area contributed by atoms with Crippen molar-refractivity contribution in [2.45, 2.75) is 18.9 Å². The van der Waals surface area contributed by atoms with Crippen molar-refractivity contribution in [1.29, 1.82) is 0 Å². The lowest BCUT2D eigenvalue weighted by Crippen LogP contribution is -2.29. The van der Waals surface area contributed by atoms with Crippen LogP contribution in [0, 0.1) is 0 Å². The second kappa shape index (κ2) is 7.83. The minimum atomic E-state index is -0.00831. The van der Waals surface area contributed by atoms with Crippen molar-refractivity contribution in [2.75, 3.05) is 20.8 Å². The number of pyridine rings is 1. The van der Waals surface area contributed by atoms with Crippen LogP contribution in [0.15, 0.2) is 48.7 Å². The number of amides is 1. The van der Waals surface area contributed by atoms with E-state index in [0.717, 1.165) is 42.1 Å². The quantitative estimate of drug-likeness (QED) is 0.783. The Bertz CT molecular complexity index is 759. The minimum Gasteiger partial charge on any atom is -0.497 e. The molecular formula is C20H22N2O3. The van der Waals surface area contributed by atoms with E-state index in [2.05, 4.69) is 4.98 Å². The van der Waals surface area contributed by atoms with Crippen LogP contribution in [0.4, 0.5) is 0 Å². The molecule has 1 unspecified atom stereocenters. The summed E-state index contributed by atoms with van der Waals surface area (Å²) >= 11 is 0. The van der Waals surface area contributed by atoms with Crippen LogP contribution in [-0.4, -0.2) is 36.6 Å². The summed E-state index contributed by atoms with van der Waals surface area (Å²) < 4.78 is 10.8. The Morgan fingerprint density at radius 3 is 2.84 bits per heavy atom. The summed E-state index contributed by atoms with van der Waals surface area (Å²) in [6, 6.07) is 11.4. The molecule has 0 aliphatic carbocycles. The van der Waals surface area contributed by atoms with Gasteiger partial charge in [-0.2, -0.15) is 0 Å². The molecule has 1 saturated heterocycles. The number of rotatable bonds is 5. The predicted molar refractivity (Wildman–Crippen MR) is 96.5 cm³/mol. The number of benzene rings is 1. The van der Waals surface area contributed by atoms with Gasteiger partial charge in [-0.05, 0) is 43.2 Å². The second-order valence-electron chi connectivity index (χ2n) is 5.89. The number of carbonyl (C=O) groups excluding carboxylic acids is 1. The first-order valence-electron chi connectivity index (χ1n) is 8.34. The lowest BCUT2D eigenvalue weighted by atomic mass is 10.0. The third-order valence-corrected chi connectivity index (χ3v) is 4.42. The van der Waals surface area contributed by atoms with Crippen molar-refractivity contribution < 1.29 is 14.3 Å². The molecule has 0 bridgehead atoms. The van der Waals surface area contributed by atoms with Gasteiger partial charge in [-0.15, -0.1) is 0 Å². The van der Waals surface area contributed by atoms with Crippen molar-refractivity contribution >= 4 is 12.0 Å². The Kier molecular flexibility index (Phi) is 5.33. The number of ether oxygens (including phenoxy) is 2. The molecule has 1 aromatic carbocycles. The van der Waals surface area contributed by atoms with Crippen molar-refractivity contribution in [3.8, 4) is 11.5 Å². The van der Waals surface area contributed by atoms with Gasteiger partial charge in [0.15, 0.2) is 0 Å². The fraction of sp³-hybridized carbons (Fsp3) is 0.300. The summed E-state index contributed by atoms with van der Waals surface area (Å²) in [6.07, 6.45) is 6.96. The lowest BCUT2D eigenvalue weighted by molar-refractivity contribution is -0.126. The van der Waals surface area contributed by atoms with Crippen molar-refractivity contribution in [1.82, 2.24) is 9.88 Å².